The number of rotatable bonds is 4. The highest BCUT2D eigenvalue weighted by Crippen LogP contribution is 2.49. The number of anilines is 1. The summed E-state index contributed by atoms with van der Waals surface area (Å²) in [7, 11) is 3.18. The molecule has 2 heterocycles. The van der Waals surface area contributed by atoms with Crippen LogP contribution in [0.3, 0.4) is 0 Å². The van der Waals surface area contributed by atoms with Crippen molar-refractivity contribution < 1.29 is 19.1 Å². The summed E-state index contributed by atoms with van der Waals surface area (Å²) in [5.41, 5.74) is 3.99. The Hall–Kier alpha value is -3.11. The van der Waals surface area contributed by atoms with Crippen molar-refractivity contribution in [1.82, 2.24) is 0 Å². The summed E-state index contributed by atoms with van der Waals surface area (Å²) in [6, 6.07) is 7.90. The molecule has 5 rings (SSSR count). The Kier molecular flexibility index (Phi) is 5.71. The minimum atomic E-state index is -0.363. The van der Waals surface area contributed by atoms with Crippen molar-refractivity contribution in [2.45, 2.75) is 57.3 Å². The maximum atomic E-state index is 13.7. The normalized spacial score (nSPS) is 20.3. The van der Waals surface area contributed by atoms with Crippen LogP contribution in [0.4, 0.5) is 5.00 Å². The van der Waals surface area contributed by atoms with E-state index in [4.69, 9.17) is 9.47 Å². The molecule has 1 atom stereocenters. The van der Waals surface area contributed by atoms with Gasteiger partial charge in [0, 0.05) is 46.5 Å². The number of nitrogens with zero attached hydrogens (tertiary/aromatic N) is 2. The molecule has 170 valence electrons. The first kappa shape index (κ1) is 21.7. The lowest BCUT2D eigenvalue weighted by atomic mass is 9.77. The molecule has 1 aromatic carbocycles. The number of hydrogen-bond acceptors (Lipinski definition) is 6. The molecule has 3 aliphatic rings. The lowest BCUT2D eigenvalue weighted by Gasteiger charge is -2.38. The molecule has 6 nitrogen and oxygen atoms in total. The van der Waals surface area contributed by atoms with Gasteiger partial charge in [-0.1, -0.05) is 6.07 Å². The fourth-order valence-electron chi connectivity index (χ4n) is 5.42. The zero-order valence-electron chi connectivity index (χ0n) is 18.9. The van der Waals surface area contributed by atoms with Crippen molar-refractivity contribution in [2.75, 3.05) is 19.1 Å². The molecule has 33 heavy (non-hydrogen) atoms. The molecule has 1 unspecified atom stereocenters. The van der Waals surface area contributed by atoms with E-state index in [1.54, 1.807) is 36.5 Å². The van der Waals surface area contributed by atoms with Crippen LogP contribution in [0.1, 0.15) is 66.0 Å². The lowest BCUT2D eigenvalue weighted by Crippen LogP contribution is -2.40. The number of aryl methyl sites for hydroxylation is 1. The van der Waals surface area contributed by atoms with Crippen molar-refractivity contribution in [3.8, 4) is 17.6 Å². The second-order valence-corrected chi connectivity index (χ2v) is 9.82. The van der Waals surface area contributed by atoms with E-state index in [1.165, 1.54) is 4.88 Å². The van der Waals surface area contributed by atoms with Gasteiger partial charge in [-0.25, -0.2) is 0 Å². The van der Waals surface area contributed by atoms with Crippen LogP contribution in [0.5, 0.6) is 11.5 Å². The van der Waals surface area contributed by atoms with Crippen LogP contribution in [0.15, 0.2) is 29.5 Å². The number of ether oxygens (including phenoxy) is 2. The van der Waals surface area contributed by atoms with Crippen LogP contribution in [0, 0.1) is 11.3 Å². The van der Waals surface area contributed by atoms with Gasteiger partial charge in [0.15, 0.2) is 5.78 Å². The zero-order chi connectivity index (χ0) is 23.1. The number of allylic oxidation sites excluding steroid dienone is 2. The van der Waals surface area contributed by atoms with Crippen LogP contribution in [-0.2, 0) is 22.4 Å². The molecule has 0 N–H and O–H groups in total. The van der Waals surface area contributed by atoms with E-state index >= 15 is 0 Å². The van der Waals surface area contributed by atoms with Crippen molar-refractivity contribution in [2.24, 2.45) is 0 Å². The highest BCUT2D eigenvalue weighted by atomic mass is 32.1. The molecule has 0 saturated carbocycles. The summed E-state index contributed by atoms with van der Waals surface area (Å²) in [6.07, 6.45) is 6.01. The predicted molar refractivity (Wildman–Crippen MR) is 126 cm³/mol. The highest BCUT2D eigenvalue weighted by molar-refractivity contribution is 7.16. The third-order valence-corrected chi connectivity index (χ3v) is 8.24. The summed E-state index contributed by atoms with van der Waals surface area (Å²) < 4.78 is 10.9. The van der Waals surface area contributed by atoms with E-state index in [1.807, 2.05) is 12.1 Å². The zero-order valence-corrected chi connectivity index (χ0v) is 19.7. The van der Waals surface area contributed by atoms with Crippen LogP contribution in [0.2, 0.25) is 0 Å². The lowest BCUT2D eigenvalue weighted by molar-refractivity contribution is -0.119. The first-order valence-corrected chi connectivity index (χ1v) is 12.2. The number of carbonyl (C=O) groups is 2. The van der Waals surface area contributed by atoms with Gasteiger partial charge in [-0.3, -0.25) is 14.5 Å². The molecule has 1 aromatic heterocycles. The number of amides is 1. The molecular weight excluding hydrogens is 436 g/mol. The van der Waals surface area contributed by atoms with Gasteiger partial charge < -0.3 is 9.47 Å². The van der Waals surface area contributed by atoms with E-state index in [0.717, 1.165) is 42.5 Å². The standard InChI is InChI=1S/C26H26N2O4S/c1-31-15-10-11-16(22(12-15)32-2)18-13-24(30)28(20-7-5-8-21(29)25(18)20)26-19(14-27)17-6-3-4-9-23(17)33-26/h10-12,18H,3-9,13H2,1-2H3. The average Bonchev–Trinajstić information content (AvgIpc) is 3.21. The number of Topliss-reactive ketones (excluding diaryl/α,β-unsaturated/α-hetero) is 1. The molecule has 1 amide bonds. The van der Waals surface area contributed by atoms with Crippen LogP contribution < -0.4 is 14.4 Å². The minimum absolute atomic E-state index is 0.0681. The van der Waals surface area contributed by atoms with E-state index < -0.39 is 0 Å². The topological polar surface area (TPSA) is 79.6 Å². The summed E-state index contributed by atoms with van der Waals surface area (Å²) in [5, 5.41) is 10.7. The molecule has 0 spiro atoms. The summed E-state index contributed by atoms with van der Waals surface area (Å²) in [5.74, 6) is 0.914. The van der Waals surface area contributed by atoms with Crippen molar-refractivity contribution in [1.29, 1.82) is 5.26 Å². The van der Waals surface area contributed by atoms with E-state index in [9.17, 15) is 14.9 Å². The third kappa shape index (κ3) is 3.53. The van der Waals surface area contributed by atoms with E-state index in [-0.39, 0.29) is 24.0 Å². The second-order valence-electron chi connectivity index (χ2n) is 8.73. The van der Waals surface area contributed by atoms with Gasteiger partial charge in [-0.15, -0.1) is 11.3 Å². The smallest absolute Gasteiger partial charge is 0.232 e. The molecule has 1 aliphatic heterocycles. The Morgan fingerprint density at radius 1 is 1.06 bits per heavy atom. The number of thiophene rings is 1. The van der Waals surface area contributed by atoms with E-state index in [2.05, 4.69) is 6.07 Å². The van der Waals surface area contributed by atoms with Gasteiger partial charge >= 0.3 is 0 Å². The van der Waals surface area contributed by atoms with Crippen LogP contribution in [-0.4, -0.2) is 25.9 Å². The average molecular weight is 463 g/mol. The highest BCUT2D eigenvalue weighted by Gasteiger charge is 2.42. The Morgan fingerprint density at radius 3 is 2.64 bits per heavy atom. The van der Waals surface area contributed by atoms with Gasteiger partial charge in [0.1, 0.15) is 22.6 Å². The van der Waals surface area contributed by atoms with Gasteiger partial charge in [0.05, 0.1) is 19.8 Å². The van der Waals surface area contributed by atoms with Crippen molar-refractivity contribution >= 4 is 28.0 Å². The summed E-state index contributed by atoms with van der Waals surface area (Å²) in [6.45, 7) is 0. The second kappa shape index (κ2) is 8.68. The number of fused-ring (bicyclic) bond motifs is 1. The molecule has 0 radical (unpaired) electrons. The van der Waals surface area contributed by atoms with E-state index in [0.29, 0.717) is 46.9 Å². The van der Waals surface area contributed by atoms with Gasteiger partial charge in [-0.2, -0.15) is 5.26 Å². The molecule has 7 heteroatoms. The number of benzene rings is 1. The molecule has 0 fully saturated rings. The first-order chi connectivity index (χ1) is 16.1. The minimum Gasteiger partial charge on any atom is -0.497 e. The fourth-order valence-corrected chi connectivity index (χ4v) is 6.81. The van der Waals surface area contributed by atoms with Crippen LogP contribution >= 0.6 is 11.3 Å². The van der Waals surface area contributed by atoms with Crippen molar-refractivity contribution in [3.63, 3.8) is 0 Å². The summed E-state index contributed by atoms with van der Waals surface area (Å²) >= 11 is 1.56. The van der Waals surface area contributed by atoms with Crippen LogP contribution in [0.25, 0.3) is 0 Å². The maximum absolute atomic E-state index is 13.7. The number of nitriles is 1. The number of hydrogen-bond donors (Lipinski definition) is 0. The number of methoxy groups -OCH3 is 2. The van der Waals surface area contributed by atoms with Gasteiger partial charge in [-0.05, 0) is 50.2 Å². The molecule has 2 aliphatic carbocycles. The fraction of sp³-hybridized carbons (Fsp3) is 0.423. The molecule has 2 aromatic rings. The number of carbonyl (C=O) groups excluding carboxylic acids is 2. The van der Waals surface area contributed by atoms with Gasteiger partial charge in [0.25, 0.3) is 0 Å². The number of ketones is 1. The first-order valence-electron chi connectivity index (χ1n) is 11.4. The third-order valence-electron chi connectivity index (χ3n) is 6.96. The predicted octanol–water partition coefficient (Wildman–Crippen LogP) is 5.04. The summed E-state index contributed by atoms with van der Waals surface area (Å²) in [4.78, 5) is 29.8. The maximum Gasteiger partial charge on any atom is 0.232 e. The molecular formula is C26H26N2O4S. The Labute approximate surface area is 197 Å². The largest absolute Gasteiger partial charge is 0.497 e. The molecule has 0 bridgehead atoms. The Balaban J connectivity index is 1.67. The SMILES string of the molecule is COc1ccc(C2CC(=O)N(c3sc4c(c3C#N)CCCC4)C3=C2C(=O)CCC3)c(OC)c1. The monoisotopic (exact) mass is 462 g/mol. The molecule has 0 saturated heterocycles. The van der Waals surface area contributed by atoms with Gasteiger partial charge in [0.2, 0.25) is 5.91 Å². The Bertz CT molecular complexity index is 1220. The quantitative estimate of drug-likeness (QED) is 0.636. The Morgan fingerprint density at radius 2 is 1.88 bits per heavy atom. The van der Waals surface area contributed by atoms with Crippen molar-refractivity contribution in [3.05, 3.63) is 51.0 Å².